The molecular weight excluding hydrogens is 332 g/mol. The minimum absolute atomic E-state index is 0.201. The molecule has 110 valence electrons. The van der Waals surface area contributed by atoms with Crippen molar-refractivity contribution < 1.29 is 4.79 Å². The molecule has 0 fully saturated rings. The summed E-state index contributed by atoms with van der Waals surface area (Å²) in [6.07, 6.45) is 0.726. The molecule has 21 heavy (non-hydrogen) atoms. The molecule has 1 heterocycles. The maximum atomic E-state index is 12.4. The average molecular weight is 349 g/mol. The van der Waals surface area contributed by atoms with Gasteiger partial charge in [0.15, 0.2) is 0 Å². The Balaban J connectivity index is 2.27. The number of aromatic nitrogens is 1. The summed E-state index contributed by atoms with van der Waals surface area (Å²) in [5.74, 6) is 5.66. The van der Waals surface area contributed by atoms with Crippen LogP contribution in [-0.2, 0) is 6.42 Å². The zero-order valence-electron chi connectivity index (χ0n) is 11.9. The van der Waals surface area contributed by atoms with E-state index in [4.69, 9.17) is 5.84 Å². The standard InChI is InChI=1S/C15H17BrN4O/c1-3-11-7-10(8-14(18-11)20-17)15(21)19-13-5-4-9(2)6-12(13)16/h4-8H,3,17H2,1-2H3,(H,18,20)(H,19,21). The average Bonchev–Trinajstić information content (AvgIpc) is 2.49. The van der Waals surface area contributed by atoms with Crippen LogP contribution in [-0.4, -0.2) is 10.9 Å². The van der Waals surface area contributed by atoms with Crippen LogP contribution in [0.15, 0.2) is 34.8 Å². The van der Waals surface area contributed by atoms with E-state index in [1.54, 1.807) is 12.1 Å². The van der Waals surface area contributed by atoms with Crippen LogP contribution < -0.4 is 16.6 Å². The zero-order valence-corrected chi connectivity index (χ0v) is 13.5. The van der Waals surface area contributed by atoms with Crippen LogP contribution in [0.2, 0.25) is 0 Å². The Morgan fingerprint density at radius 1 is 1.33 bits per heavy atom. The van der Waals surface area contributed by atoms with E-state index in [0.717, 1.165) is 27.8 Å². The number of hydrogen-bond donors (Lipinski definition) is 3. The maximum absolute atomic E-state index is 12.4. The Hall–Kier alpha value is -1.92. The van der Waals surface area contributed by atoms with E-state index in [-0.39, 0.29) is 5.91 Å². The molecule has 1 aromatic carbocycles. The minimum atomic E-state index is -0.201. The van der Waals surface area contributed by atoms with Gasteiger partial charge in [-0.25, -0.2) is 10.8 Å². The predicted octanol–water partition coefficient (Wildman–Crippen LogP) is 3.25. The second-order valence-corrected chi connectivity index (χ2v) is 5.52. The second kappa shape index (κ2) is 6.69. The molecule has 0 aliphatic rings. The topological polar surface area (TPSA) is 80.0 Å². The molecule has 0 atom stereocenters. The van der Waals surface area contributed by atoms with Crippen LogP contribution in [0, 0.1) is 6.92 Å². The highest BCUT2D eigenvalue weighted by Gasteiger charge is 2.11. The van der Waals surface area contributed by atoms with Crippen LogP contribution >= 0.6 is 15.9 Å². The van der Waals surface area contributed by atoms with Crippen molar-refractivity contribution in [3.05, 3.63) is 51.6 Å². The molecule has 0 saturated carbocycles. The van der Waals surface area contributed by atoms with E-state index < -0.39 is 0 Å². The van der Waals surface area contributed by atoms with Crippen molar-refractivity contribution in [2.75, 3.05) is 10.7 Å². The van der Waals surface area contributed by atoms with Gasteiger partial charge in [-0.05, 0) is 59.1 Å². The fraction of sp³-hybridized carbons (Fsp3) is 0.200. The largest absolute Gasteiger partial charge is 0.321 e. The number of nitrogens with zero attached hydrogens (tertiary/aromatic N) is 1. The smallest absolute Gasteiger partial charge is 0.255 e. The van der Waals surface area contributed by atoms with Gasteiger partial charge in [0.1, 0.15) is 5.82 Å². The first-order valence-corrected chi connectivity index (χ1v) is 7.38. The molecule has 0 spiro atoms. The van der Waals surface area contributed by atoms with Gasteiger partial charge in [0.05, 0.1) is 5.69 Å². The zero-order chi connectivity index (χ0) is 15.4. The Bertz CT molecular complexity index is 650. The third kappa shape index (κ3) is 3.80. The van der Waals surface area contributed by atoms with Gasteiger partial charge in [0.2, 0.25) is 0 Å². The highest BCUT2D eigenvalue weighted by molar-refractivity contribution is 9.10. The molecule has 0 radical (unpaired) electrons. The van der Waals surface area contributed by atoms with E-state index in [2.05, 4.69) is 31.7 Å². The van der Waals surface area contributed by atoms with Gasteiger partial charge >= 0.3 is 0 Å². The van der Waals surface area contributed by atoms with Crippen LogP contribution in [0.1, 0.15) is 28.5 Å². The number of hydrazine groups is 1. The highest BCUT2D eigenvalue weighted by Crippen LogP contribution is 2.24. The molecule has 5 nitrogen and oxygen atoms in total. The van der Waals surface area contributed by atoms with E-state index in [9.17, 15) is 4.79 Å². The Labute approximate surface area is 132 Å². The summed E-state index contributed by atoms with van der Waals surface area (Å²) in [7, 11) is 0. The molecule has 0 unspecified atom stereocenters. The number of hydrogen-bond acceptors (Lipinski definition) is 4. The first kappa shape index (κ1) is 15.5. The molecule has 1 aromatic heterocycles. The van der Waals surface area contributed by atoms with Gasteiger partial charge < -0.3 is 10.7 Å². The van der Waals surface area contributed by atoms with Crippen LogP contribution in [0.4, 0.5) is 11.5 Å². The second-order valence-electron chi connectivity index (χ2n) is 4.67. The third-order valence-electron chi connectivity index (χ3n) is 3.02. The summed E-state index contributed by atoms with van der Waals surface area (Å²) >= 11 is 3.45. The minimum Gasteiger partial charge on any atom is -0.321 e. The number of anilines is 2. The number of carbonyl (C=O) groups is 1. The fourth-order valence-electron chi connectivity index (χ4n) is 1.89. The fourth-order valence-corrected chi connectivity index (χ4v) is 2.48. The van der Waals surface area contributed by atoms with E-state index in [1.165, 1.54) is 0 Å². The first-order chi connectivity index (χ1) is 10.0. The lowest BCUT2D eigenvalue weighted by atomic mass is 10.1. The molecule has 2 aromatic rings. The van der Waals surface area contributed by atoms with Crippen molar-refractivity contribution in [2.24, 2.45) is 5.84 Å². The molecule has 0 aliphatic carbocycles. The number of nitrogen functional groups attached to an aromatic ring is 1. The number of aryl methyl sites for hydroxylation is 2. The molecule has 0 bridgehead atoms. The molecule has 1 amide bonds. The summed E-state index contributed by atoms with van der Waals surface area (Å²) in [6.45, 7) is 3.97. The van der Waals surface area contributed by atoms with Gasteiger partial charge in [-0.1, -0.05) is 13.0 Å². The summed E-state index contributed by atoms with van der Waals surface area (Å²) in [4.78, 5) is 16.6. The van der Waals surface area contributed by atoms with Crippen molar-refractivity contribution >= 4 is 33.3 Å². The molecule has 6 heteroatoms. The van der Waals surface area contributed by atoms with E-state index >= 15 is 0 Å². The number of nitrogens with two attached hydrogens (primary N) is 1. The molecule has 0 aliphatic heterocycles. The summed E-state index contributed by atoms with van der Waals surface area (Å²) in [6, 6.07) is 9.14. The van der Waals surface area contributed by atoms with Crippen molar-refractivity contribution in [3.8, 4) is 0 Å². The van der Waals surface area contributed by atoms with Gasteiger partial charge in [0.25, 0.3) is 5.91 Å². The Kier molecular flexibility index (Phi) is 4.93. The third-order valence-corrected chi connectivity index (χ3v) is 3.68. The summed E-state index contributed by atoms with van der Waals surface area (Å²) in [5, 5.41) is 2.87. The Morgan fingerprint density at radius 2 is 2.10 bits per heavy atom. The molecule has 4 N–H and O–H groups in total. The molecule has 2 rings (SSSR count). The van der Waals surface area contributed by atoms with Crippen LogP contribution in [0.3, 0.4) is 0 Å². The molecule has 0 saturated heterocycles. The highest BCUT2D eigenvalue weighted by atomic mass is 79.9. The number of benzene rings is 1. The lowest BCUT2D eigenvalue weighted by molar-refractivity contribution is 0.102. The number of nitrogens with one attached hydrogen (secondary N) is 2. The van der Waals surface area contributed by atoms with Gasteiger partial charge in [-0.3, -0.25) is 4.79 Å². The summed E-state index contributed by atoms with van der Waals surface area (Å²) in [5.41, 5.74) is 5.64. The van der Waals surface area contributed by atoms with E-state index in [1.807, 2.05) is 32.0 Å². The normalized spacial score (nSPS) is 10.3. The SMILES string of the molecule is CCc1cc(C(=O)Nc2ccc(C)cc2Br)cc(NN)n1. The quantitative estimate of drug-likeness (QED) is 0.585. The Morgan fingerprint density at radius 3 is 2.71 bits per heavy atom. The maximum Gasteiger partial charge on any atom is 0.255 e. The summed E-state index contributed by atoms with van der Waals surface area (Å²) < 4.78 is 0.845. The number of carbonyl (C=O) groups excluding carboxylic acids is 1. The lowest BCUT2D eigenvalue weighted by Gasteiger charge is -2.10. The van der Waals surface area contributed by atoms with Crippen LogP contribution in [0.5, 0.6) is 0 Å². The predicted molar refractivity (Wildman–Crippen MR) is 88.3 cm³/mol. The number of rotatable bonds is 4. The van der Waals surface area contributed by atoms with Gasteiger partial charge in [-0.2, -0.15) is 0 Å². The molecular formula is C15H17BrN4O. The van der Waals surface area contributed by atoms with Crippen molar-refractivity contribution in [3.63, 3.8) is 0 Å². The van der Waals surface area contributed by atoms with Gasteiger partial charge in [0, 0.05) is 15.7 Å². The lowest BCUT2D eigenvalue weighted by Crippen LogP contribution is -2.15. The van der Waals surface area contributed by atoms with Crippen molar-refractivity contribution in [2.45, 2.75) is 20.3 Å². The van der Waals surface area contributed by atoms with Crippen molar-refractivity contribution in [1.29, 1.82) is 0 Å². The number of halogens is 1. The number of amides is 1. The van der Waals surface area contributed by atoms with Crippen molar-refractivity contribution in [1.82, 2.24) is 4.98 Å². The van der Waals surface area contributed by atoms with Gasteiger partial charge in [-0.15, -0.1) is 0 Å². The monoisotopic (exact) mass is 348 g/mol. The van der Waals surface area contributed by atoms with E-state index in [0.29, 0.717) is 11.4 Å². The first-order valence-electron chi connectivity index (χ1n) is 6.58. The number of pyridine rings is 1. The van der Waals surface area contributed by atoms with Crippen LogP contribution in [0.25, 0.3) is 0 Å².